The van der Waals surface area contributed by atoms with Gasteiger partial charge in [0, 0.05) is 0 Å². The van der Waals surface area contributed by atoms with Gasteiger partial charge in [-0.1, -0.05) is 49.1 Å². The zero-order valence-corrected chi connectivity index (χ0v) is 19.6. The van der Waals surface area contributed by atoms with Crippen LogP contribution in [0.2, 0.25) is 0 Å². The van der Waals surface area contributed by atoms with Crippen LogP contribution in [0.4, 0.5) is 22.0 Å². The Hall–Kier alpha value is -3.72. The highest BCUT2D eigenvalue weighted by Gasteiger charge is 2.40. The lowest BCUT2D eigenvalue weighted by Crippen LogP contribution is -2.52. The number of carbonyl (C=O) groups excluding carboxylic acids is 1. The normalized spacial score (nSPS) is 14.4. The number of halogens is 5. The monoisotopic (exact) mass is 506 g/mol. The van der Waals surface area contributed by atoms with Crippen molar-refractivity contribution in [3.05, 3.63) is 114 Å². The van der Waals surface area contributed by atoms with Crippen molar-refractivity contribution in [2.45, 2.75) is 30.6 Å². The first kappa shape index (κ1) is 28.5. The fourth-order valence-corrected chi connectivity index (χ4v) is 3.58. The number of nitrogens with two attached hydrogens (primary N) is 1. The molecule has 0 heterocycles. The fraction of sp³-hybridized carbons (Fsp3) is 0.222. The molecule has 3 N–H and O–H groups in total. The quantitative estimate of drug-likeness (QED) is 0.225. The summed E-state index contributed by atoms with van der Waals surface area (Å²) >= 11 is 0. The number of amides is 1. The standard InChI is InChI=1S/C27H27F5N2O2/c1-4-6-7-8-9-13-26(34-25(35)23(33)10-5-2,18-11-12-22(29)24(17-18)36-3)19-14-20(27(30,31)32)16-21(28)15-19/h4-9,11-12,14-17,23H,1-2,10,13,33H2,3H3,(H,34,35)/b7-6-,9-8+/t23?,26-/m1/s1. The fourth-order valence-electron chi connectivity index (χ4n) is 3.58. The molecule has 1 amide bonds. The predicted molar refractivity (Wildman–Crippen MR) is 129 cm³/mol. The van der Waals surface area contributed by atoms with E-state index in [1.165, 1.54) is 31.4 Å². The molecule has 0 bridgehead atoms. The first-order valence-electron chi connectivity index (χ1n) is 10.8. The maximum atomic E-state index is 14.5. The second kappa shape index (κ2) is 12.3. The minimum atomic E-state index is -4.87. The molecule has 4 nitrogen and oxygen atoms in total. The number of rotatable bonds is 11. The summed E-state index contributed by atoms with van der Waals surface area (Å²) in [4.78, 5) is 13.1. The molecule has 192 valence electrons. The van der Waals surface area contributed by atoms with Gasteiger partial charge in [0.15, 0.2) is 11.6 Å². The zero-order chi connectivity index (χ0) is 26.9. The smallest absolute Gasteiger partial charge is 0.416 e. The van der Waals surface area contributed by atoms with Crippen LogP contribution in [0.5, 0.6) is 5.75 Å². The van der Waals surface area contributed by atoms with Gasteiger partial charge in [0.1, 0.15) is 5.82 Å². The third kappa shape index (κ3) is 6.91. The summed E-state index contributed by atoms with van der Waals surface area (Å²) in [7, 11) is 1.21. The van der Waals surface area contributed by atoms with E-state index in [0.717, 1.165) is 18.2 Å². The van der Waals surface area contributed by atoms with Crippen molar-refractivity contribution in [2.75, 3.05) is 7.11 Å². The summed E-state index contributed by atoms with van der Waals surface area (Å²) in [6.07, 6.45) is 4.36. The van der Waals surface area contributed by atoms with Crippen LogP contribution in [0.25, 0.3) is 0 Å². The van der Waals surface area contributed by atoms with Gasteiger partial charge in [-0.2, -0.15) is 13.2 Å². The van der Waals surface area contributed by atoms with Gasteiger partial charge in [-0.25, -0.2) is 8.78 Å². The van der Waals surface area contributed by atoms with Gasteiger partial charge >= 0.3 is 6.18 Å². The van der Waals surface area contributed by atoms with Crippen LogP contribution >= 0.6 is 0 Å². The molecule has 2 atom stereocenters. The molecule has 0 radical (unpaired) electrons. The highest BCUT2D eigenvalue weighted by atomic mass is 19.4. The molecule has 0 fully saturated rings. The first-order chi connectivity index (χ1) is 17.0. The van der Waals surface area contributed by atoms with Crippen LogP contribution < -0.4 is 15.8 Å². The highest BCUT2D eigenvalue weighted by Crippen LogP contribution is 2.39. The average Bonchev–Trinajstić information content (AvgIpc) is 2.82. The molecule has 1 unspecified atom stereocenters. The molecule has 0 aliphatic carbocycles. The van der Waals surface area contributed by atoms with Crippen LogP contribution in [0.1, 0.15) is 29.5 Å². The van der Waals surface area contributed by atoms with Crippen molar-refractivity contribution in [1.29, 1.82) is 0 Å². The molecular formula is C27H27F5N2O2. The van der Waals surface area contributed by atoms with E-state index in [1.54, 1.807) is 24.3 Å². The van der Waals surface area contributed by atoms with E-state index in [4.69, 9.17) is 10.5 Å². The number of nitrogens with one attached hydrogen (secondary N) is 1. The van der Waals surface area contributed by atoms with E-state index in [9.17, 15) is 26.7 Å². The summed E-state index contributed by atoms with van der Waals surface area (Å²) in [6.45, 7) is 7.09. The van der Waals surface area contributed by atoms with E-state index in [2.05, 4.69) is 18.5 Å². The molecule has 2 rings (SSSR count). The SMILES string of the molecule is C=C/C=C\C=C\C[C@](NC(=O)C(N)CC=C)(c1cc(F)cc(C(F)(F)F)c1)c1ccc(F)c(OC)c1. The summed E-state index contributed by atoms with van der Waals surface area (Å²) < 4.78 is 74.6. The Labute approximate surface area is 206 Å². The van der Waals surface area contributed by atoms with Crippen molar-refractivity contribution < 1.29 is 31.5 Å². The number of benzene rings is 2. The molecule has 0 saturated carbocycles. The number of hydrogen-bond donors (Lipinski definition) is 2. The number of allylic oxidation sites excluding steroid dienone is 4. The second-order valence-corrected chi connectivity index (χ2v) is 7.85. The second-order valence-electron chi connectivity index (χ2n) is 7.85. The van der Waals surface area contributed by atoms with Crippen molar-refractivity contribution >= 4 is 5.91 Å². The van der Waals surface area contributed by atoms with Crippen molar-refractivity contribution in [3.63, 3.8) is 0 Å². The Morgan fingerprint density at radius 1 is 1.06 bits per heavy atom. The molecule has 2 aromatic rings. The van der Waals surface area contributed by atoms with Gasteiger partial charge < -0.3 is 15.8 Å². The topological polar surface area (TPSA) is 64.4 Å². The lowest BCUT2D eigenvalue weighted by Gasteiger charge is -2.37. The molecular weight excluding hydrogens is 479 g/mol. The molecule has 0 saturated heterocycles. The van der Waals surface area contributed by atoms with Gasteiger partial charge in [-0.3, -0.25) is 4.79 Å². The number of ether oxygens (including phenoxy) is 1. The zero-order valence-electron chi connectivity index (χ0n) is 19.6. The van der Waals surface area contributed by atoms with Gasteiger partial charge in [0.2, 0.25) is 5.91 Å². The molecule has 0 aliphatic rings. The van der Waals surface area contributed by atoms with Gasteiger partial charge in [0.25, 0.3) is 0 Å². The maximum Gasteiger partial charge on any atom is 0.416 e. The van der Waals surface area contributed by atoms with E-state index in [-0.39, 0.29) is 29.7 Å². The largest absolute Gasteiger partial charge is 0.494 e. The summed E-state index contributed by atoms with van der Waals surface area (Å²) in [5.41, 5.74) is 2.83. The third-order valence-corrected chi connectivity index (χ3v) is 5.37. The number of alkyl halides is 3. The van der Waals surface area contributed by atoms with E-state index < -0.39 is 40.9 Å². The summed E-state index contributed by atoms with van der Waals surface area (Å²) in [5, 5.41) is 2.70. The Bertz CT molecular complexity index is 1160. The first-order valence-corrected chi connectivity index (χ1v) is 10.8. The Morgan fingerprint density at radius 2 is 1.75 bits per heavy atom. The minimum Gasteiger partial charge on any atom is -0.494 e. The van der Waals surface area contributed by atoms with Crippen LogP contribution in [0.15, 0.2) is 86.0 Å². The molecule has 9 heteroatoms. The van der Waals surface area contributed by atoms with Gasteiger partial charge in [-0.15, -0.1) is 6.58 Å². The minimum absolute atomic E-state index is 0.0729. The van der Waals surface area contributed by atoms with Crippen molar-refractivity contribution in [3.8, 4) is 5.75 Å². The number of methoxy groups -OCH3 is 1. The number of carbonyl (C=O) groups is 1. The maximum absolute atomic E-state index is 14.5. The predicted octanol–water partition coefficient (Wildman–Crippen LogP) is 5.94. The molecule has 36 heavy (non-hydrogen) atoms. The molecule has 0 aliphatic heterocycles. The Kier molecular flexibility index (Phi) is 9.75. The number of hydrogen-bond acceptors (Lipinski definition) is 3. The molecule has 0 aromatic heterocycles. The lowest BCUT2D eigenvalue weighted by molar-refractivity contribution is -0.137. The summed E-state index contributed by atoms with van der Waals surface area (Å²) in [6, 6.07) is 4.45. The highest BCUT2D eigenvalue weighted by molar-refractivity contribution is 5.83. The van der Waals surface area contributed by atoms with Crippen LogP contribution in [0.3, 0.4) is 0 Å². The molecule has 0 spiro atoms. The van der Waals surface area contributed by atoms with Crippen LogP contribution in [-0.2, 0) is 16.5 Å². The van der Waals surface area contributed by atoms with E-state index in [0.29, 0.717) is 6.07 Å². The van der Waals surface area contributed by atoms with Crippen molar-refractivity contribution in [1.82, 2.24) is 5.32 Å². The average molecular weight is 507 g/mol. The Balaban J connectivity index is 2.88. The van der Waals surface area contributed by atoms with Gasteiger partial charge in [0.05, 0.1) is 24.3 Å². The molecule has 2 aromatic carbocycles. The Morgan fingerprint density at radius 3 is 2.36 bits per heavy atom. The van der Waals surface area contributed by atoms with Crippen LogP contribution in [-0.4, -0.2) is 19.1 Å². The van der Waals surface area contributed by atoms with E-state index in [1.807, 2.05) is 0 Å². The van der Waals surface area contributed by atoms with E-state index >= 15 is 0 Å². The third-order valence-electron chi connectivity index (χ3n) is 5.37. The van der Waals surface area contributed by atoms with Crippen molar-refractivity contribution in [2.24, 2.45) is 5.73 Å². The van der Waals surface area contributed by atoms with Crippen LogP contribution in [0, 0.1) is 11.6 Å². The summed E-state index contributed by atoms with van der Waals surface area (Å²) in [5.74, 6) is -2.85. The lowest BCUT2D eigenvalue weighted by atomic mass is 9.78. The van der Waals surface area contributed by atoms with Gasteiger partial charge in [-0.05, 0) is 54.3 Å².